The number of benzene rings is 1. The molecule has 1 aliphatic heterocycles. The molecule has 0 saturated carbocycles. The van der Waals surface area contributed by atoms with Gasteiger partial charge in [0.15, 0.2) is 0 Å². The number of ether oxygens (including phenoxy) is 1. The van der Waals surface area contributed by atoms with Crippen molar-refractivity contribution < 1.29 is 9.53 Å². The lowest BCUT2D eigenvalue weighted by molar-refractivity contribution is -0.149. The van der Waals surface area contributed by atoms with Crippen molar-refractivity contribution in [3.8, 4) is 0 Å². The van der Waals surface area contributed by atoms with Crippen LogP contribution in [-0.2, 0) is 27.9 Å². The van der Waals surface area contributed by atoms with Gasteiger partial charge in [0.1, 0.15) is 11.2 Å². The third kappa shape index (κ3) is 2.67. The largest absolute Gasteiger partial charge is 0.468 e. The standard InChI is InChI=1S/C18H20N2O3/c1-13-11-15(21)20-10-6-9-18(16(20)19-13,17(22)23-2)12-14-7-4-3-5-8-14/h3-5,7-8,11H,6,9-10,12H2,1-2H3. The van der Waals surface area contributed by atoms with Gasteiger partial charge in [-0.2, -0.15) is 0 Å². The Balaban J connectivity index is 2.19. The number of carbonyl (C=O) groups excluding carboxylic acids is 1. The van der Waals surface area contributed by atoms with Crippen LogP contribution in [0.1, 0.15) is 29.9 Å². The van der Waals surface area contributed by atoms with Crippen molar-refractivity contribution in [2.24, 2.45) is 0 Å². The average Bonchev–Trinajstić information content (AvgIpc) is 2.55. The zero-order valence-corrected chi connectivity index (χ0v) is 13.4. The minimum atomic E-state index is -0.903. The molecule has 5 heteroatoms. The van der Waals surface area contributed by atoms with Gasteiger partial charge in [-0.05, 0) is 31.7 Å². The third-order valence-corrected chi connectivity index (χ3v) is 4.47. The van der Waals surface area contributed by atoms with E-state index in [1.807, 2.05) is 30.3 Å². The van der Waals surface area contributed by atoms with Gasteiger partial charge in [-0.15, -0.1) is 0 Å². The van der Waals surface area contributed by atoms with Gasteiger partial charge < -0.3 is 4.74 Å². The first kappa shape index (κ1) is 15.5. The molecule has 0 fully saturated rings. The summed E-state index contributed by atoms with van der Waals surface area (Å²) in [5.41, 5.74) is 0.652. The first-order valence-corrected chi connectivity index (χ1v) is 7.78. The fraction of sp³-hybridized carbons (Fsp3) is 0.389. The van der Waals surface area contributed by atoms with E-state index >= 15 is 0 Å². The molecular weight excluding hydrogens is 292 g/mol. The summed E-state index contributed by atoms with van der Waals surface area (Å²) < 4.78 is 6.73. The molecule has 1 aromatic heterocycles. The minimum absolute atomic E-state index is 0.103. The molecule has 0 bridgehead atoms. The molecule has 2 heterocycles. The second-order valence-electron chi connectivity index (χ2n) is 6.05. The van der Waals surface area contributed by atoms with Crippen LogP contribution in [0.2, 0.25) is 0 Å². The average molecular weight is 312 g/mol. The summed E-state index contributed by atoms with van der Waals surface area (Å²) in [5.74, 6) is 0.205. The highest BCUT2D eigenvalue weighted by atomic mass is 16.5. The lowest BCUT2D eigenvalue weighted by Crippen LogP contribution is -2.48. The Morgan fingerprint density at radius 3 is 2.78 bits per heavy atom. The van der Waals surface area contributed by atoms with Crippen LogP contribution < -0.4 is 5.56 Å². The van der Waals surface area contributed by atoms with Crippen molar-refractivity contribution >= 4 is 5.97 Å². The maximum Gasteiger partial charge on any atom is 0.319 e. The van der Waals surface area contributed by atoms with Crippen molar-refractivity contribution in [1.82, 2.24) is 9.55 Å². The van der Waals surface area contributed by atoms with E-state index in [-0.39, 0.29) is 11.5 Å². The fourth-order valence-corrected chi connectivity index (χ4v) is 3.43. The molecule has 0 amide bonds. The van der Waals surface area contributed by atoms with E-state index in [0.29, 0.717) is 30.9 Å². The molecule has 0 radical (unpaired) electrons. The van der Waals surface area contributed by atoms with E-state index in [9.17, 15) is 9.59 Å². The van der Waals surface area contributed by atoms with E-state index < -0.39 is 5.41 Å². The van der Waals surface area contributed by atoms with Gasteiger partial charge in [0, 0.05) is 18.3 Å². The Hall–Kier alpha value is -2.43. The second-order valence-corrected chi connectivity index (χ2v) is 6.05. The third-order valence-electron chi connectivity index (χ3n) is 4.47. The molecule has 1 atom stereocenters. The molecule has 23 heavy (non-hydrogen) atoms. The van der Waals surface area contributed by atoms with Crippen molar-refractivity contribution in [2.75, 3.05) is 7.11 Å². The molecule has 0 N–H and O–H groups in total. The maximum atomic E-state index is 12.7. The van der Waals surface area contributed by atoms with Crippen molar-refractivity contribution in [2.45, 2.75) is 38.1 Å². The monoisotopic (exact) mass is 312 g/mol. The van der Waals surface area contributed by atoms with Crippen LogP contribution in [0.4, 0.5) is 0 Å². The molecule has 1 aliphatic rings. The highest BCUT2D eigenvalue weighted by Gasteiger charge is 2.47. The molecule has 2 aromatic rings. The summed E-state index contributed by atoms with van der Waals surface area (Å²) in [6, 6.07) is 11.3. The number of methoxy groups -OCH3 is 1. The van der Waals surface area contributed by atoms with E-state index in [1.54, 1.807) is 11.5 Å². The quantitative estimate of drug-likeness (QED) is 0.813. The van der Waals surface area contributed by atoms with Gasteiger partial charge in [0.25, 0.3) is 5.56 Å². The molecule has 1 unspecified atom stereocenters. The summed E-state index contributed by atoms with van der Waals surface area (Å²) in [6.45, 7) is 2.37. The molecule has 1 aromatic carbocycles. The number of aromatic nitrogens is 2. The zero-order valence-electron chi connectivity index (χ0n) is 13.4. The highest BCUT2D eigenvalue weighted by Crippen LogP contribution is 2.36. The van der Waals surface area contributed by atoms with E-state index in [1.165, 1.54) is 13.2 Å². The Bertz CT molecular complexity index is 783. The lowest BCUT2D eigenvalue weighted by Gasteiger charge is -2.36. The second kappa shape index (κ2) is 5.99. The Morgan fingerprint density at radius 2 is 2.09 bits per heavy atom. The minimum Gasteiger partial charge on any atom is -0.468 e. The van der Waals surface area contributed by atoms with Crippen LogP contribution in [0.5, 0.6) is 0 Å². The van der Waals surface area contributed by atoms with Crippen molar-refractivity contribution in [3.05, 3.63) is 63.8 Å². The number of hydrogen-bond acceptors (Lipinski definition) is 4. The first-order valence-electron chi connectivity index (χ1n) is 7.78. The molecule has 120 valence electrons. The number of nitrogens with zero attached hydrogens (tertiary/aromatic N) is 2. The summed E-state index contributed by atoms with van der Waals surface area (Å²) in [4.78, 5) is 29.6. The van der Waals surface area contributed by atoms with Crippen LogP contribution in [0.3, 0.4) is 0 Å². The molecule has 0 spiro atoms. The molecule has 0 aliphatic carbocycles. The normalized spacial score (nSPS) is 19.9. The molecule has 0 saturated heterocycles. The number of esters is 1. The number of aryl methyl sites for hydroxylation is 1. The van der Waals surface area contributed by atoms with Crippen LogP contribution in [0.25, 0.3) is 0 Å². The molecular formula is C18H20N2O3. The first-order chi connectivity index (χ1) is 11.1. The fourth-order valence-electron chi connectivity index (χ4n) is 3.43. The Labute approximate surface area is 134 Å². The van der Waals surface area contributed by atoms with Crippen molar-refractivity contribution in [3.63, 3.8) is 0 Å². The summed E-state index contributed by atoms with van der Waals surface area (Å²) in [5, 5.41) is 0. The Kier molecular flexibility index (Phi) is 4.03. The van der Waals surface area contributed by atoms with Crippen molar-refractivity contribution in [1.29, 1.82) is 0 Å². The number of carbonyl (C=O) groups is 1. The number of fused-ring (bicyclic) bond motifs is 1. The topological polar surface area (TPSA) is 61.2 Å². The summed E-state index contributed by atoms with van der Waals surface area (Å²) in [7, 11) is 1.39. The van der Waals surface area contributed by atoms with Crippen LogP contribution >= 0.6 is 0 Å². The van der Waals surface area contributed by atoms with Gasteiger partial charge in [-0.25, -0.2) is 4.98 Å². The van der Waals surface area contributed by atoms with Gasteiger partial charge in [-0.3, -0.25) is 14.2 Å². The number of rotatable bonds is 3. The van der Waals surface area contributed by atoms with Gasteiger partial charge in [0.05, 0.1) is 7.11 Å². The zero-order chi connectivity index (χ0) is 16.4. The van der Waals surface area contributed by atoms with E-state index in [0.717, 1.165) is 12.0 Å². The molecule has 3 rings (SSSR count). The lowest BCUT2D eigenvalue weighted by atomic mass is 9.74. The van der Waals surface area contributed by atoms with E-state index in [4.69, 9.17) is 4.74 Å². The van der Waals surface area contributed by atoms with Gasteiger partial charge >= 0.3 is 5.97 Å². The molecule has 5 nitrogen and oxygen atoms in total. The Morgan fingerprint density at radius 1 is 1.35 bits per heavy atom. The van der Waals surface area contributed by atoms with E-state index in [2.05, 4.69) is 4.98 Å². The predicted molar refractivity (Wildman–Crippen MR) is 86.3 cm³/mol. The highest BCUT2D eigenvalue weighted by molar-refractivity contribution is 5.82. The van der Waals surface area contributed by atoms with Crippen LogP contribution in [-0.4, -0.2) is 22.6 Å². The smallest absolute Gasteiger partial charge is 0.319 e. The van der Waals surface area contributed by atoms with Crippen LogP contribution in [0.15, 0.2) is 41.2 Å². The predicted octanol–water partition coefficient (Wildman–Crippen LogP) is 2.00. The SMILES string of the molecule is COC(=O)C1(Cc2ccccc2)CCCn2c1nc(C)cc2=O. The number of hydrogen-bond donors (Lipinski definition) is 0. The van der Waals surface area contributed by atoms with Gasteiger partial charge in [0.2, 0.25) is 0 Å². The van der Waals surface area contributed by atoms with Gasteiger partial charge in [-0.1, -0.05) is 30.3 Å². The van der Waals surface area contributed by atoms with Crippen LogP contribution in [0, 0.1) is 6.92 Å². The maximum absolute atomic E-state index is 12.7. The summed E-state index contributed by atoms with van der Waals surface area (Å²) >= 11 is 0. The summed E-state index contributed by atoms with van der Waals surface area (Å²) in [6.07, 6.45) is 1.86.